The van der Waals surface area contributed by atoms with E-state index in [9.17, 15) is 0 Å². The van der Waals surface area contributed by atoms with Crippen LogP contribution in [0.4, 0.5) is 0 Å². The zero-order valence-electron chi connectivity index (χ0n) is 9.70. The van der Waals surface area contributed by atoms with Crippen LogP contribution in [0.15, 0.2) is 0 Å². The van der Waals surface area contributed by atoms with E-state index >= 15 is 0 Å². The van der Waals surface area contributed by atoms with Crippen molar-refractivity contribution in [3.05, 3.63) is 0 Å². The molecule has 5 heteroatoms. The molecule has 0 aliphatic rings. The average molecular weight is 250 g/mol. The van der Waals surface area contributed by atoms with Gasteiger partial charge in [-0.1, -0.05) is 19.1 Å². The van der Waals surface area contributed by atoms with E-state index in [2.05, 4.69) is 11.8 Å². The summed E-state index contributed by atoms with van der Waals surface area (Å²) < 4.78 is 5.07. The van der Waals surface area contributed by atoms with E-state index in [1.165, 1.54) is 5.75 Å². The third-order valence-corrected chi connectivity index (χ3v) is 3.13. The molecule has 0 heterocycles. The van der Waals surface area contributed by atoms with Gasteiger partial charge in [0, 0.05) is 38.9 Å². The number of thioether (sulfide) groups is 1. The minimum Gasteiger partial charge on any atom is -0.393 e. The zero-order valence-corrected chi connectivity index (χ0v) is 11.3. The van der Waals surface area contributed by atoms with Gasteiger partial charge in [-0.25, -0.2) is 0 Å². The normalized spacial score (nSPS) is 10.9. The van der Waals surface area contributed by atoms with Crippen LogP contribution in [0.1, 0.15) is 13.3 Å². The summed E-state index contributed by atoms with van der Waals surface area (Å²) in [6, 6.07) is 0. The van der Waals surface area contributed by atoms with Gasteiger partial charge in [0.1, 0.15) is 0 Å². The molecule has 0 amide bonds. The Morgan fingerprint density at radius 2 is 2.13 bits per heavy atom. The standard InChI is InChI=1S/C10H22N2OS2/c1-3-15-9-7-12(6-8-13-2)5-4-10(11)14/h3-9H2,1-2H3,(H2,11,14). The number of rotatable bonds is 10. The van der Waals surface area contributed by atoms with E-state index < -0.39 is 0 Å². The number of nitrogens with zero attached hydrogens (tertiary/aromatic N) is 1. The first-order valence-corrected chi connectivity index (χ1v) is 6.84. The van der Waals surface area contributed by atoms with Gasteiger partial charge in [-0.3, -0.25) is 4.90 Å². The average Bonchev–Trinajstić information content (AvgIpc) is 2.21. The fourth-order valence-corrected chi connectivity index (χ4v) is 1.93. The molecule has 0 aromatic rings. The lowest BCUT2D eigenvalue weighted by Gasteiger charge is -2.21. The highest BCUT2D eigenvalue weighted by Gasteiger charge is 2.04. The predicted molar refractivity (Wildman–Crippen MR) is 72.7 cm³/mol. The van der Waals surface area contributed by atoms with Crippen LogP contribution < -0.4 is 5.73 Å². The van der Waals surface area contributed by atoms with Gasteiger partial charge in [-0.05, 0) is 5.75 Å². The topological polar surface area (TPSA) is 38.5 Å². The van der Waals surface area contributed by atoms with E-state index in [0.717, 1.165) is 38.4 Å². The summed E-state index contributed by atoms with van der Waals surface area (Å²) in [4.78, 5) is 2.95. The monoisotopic (exact) mass is 250 g/mol. The number of thiocarbonyl (C=S) groups is 1. The molecule has 0 rings (SSSR count). The molecule has 2 N–H and O–H groups in total. The smallest absolute Gasteiger partial charge is 0.0740 e. The Hall–Kier alpha value is 0.160. The van der Waals surface area contributed by atoms with Crippen molar-refractivity contribution in [1.82, 2.24) is 4.90 Å². The molecule has 0 unspecified atom stereocenters. The summed E-state index contributed by atoms with van der Waals surface area (Å²) >= 11 is 6.83. The Balaban J connectivity index is 3.67. The van der Waals surface area contributed by atoms with Gasteiger partial charge in [0.05, 0.1) is 11.6 Å². The van der Waals surface area contributed by atoms with Crippen molar-refractivity contribution in [1.29, 1.82) is 0 Å². The Morgan fingerprint density at radius 1 is 1.40 bits per heavy atom. The summed E-state index contributed by atoms with van der Waals surface area (Å²) in [5.74, 6) is 2.34. The number of hydrogen-bond donors (Lipinski definition) is 1. The summed E-state index contributed by atoms with van der Waals surface area (Å²) in [5.41, 5.74) is 5.49. The van der Waals surface area contributed by atoms with Gasteiger partial charge < -0.3 is 10.5 Å². The van der Waals surface area contributed by atoms with Crippen LogP contribution in [0.5, 0.6) is 0 Å². The van der Waals surface area contributed by atoms with Crippen LogP contribution in [0.3, 0.4) is 0 Å². The molecule has 0 fully saturated rings. The van der Waals surface area contributed by atoms with Crippen molar-refractivity contribution < 1.29 is 4.74 Å². The predicted octanol–water partition coefficient (Wildman–Crippen LogP) is 1.36. The van der Waals surface area contributed by atoms with Crippen LogP contribution in [-0.2, 0) is 4.74 Å². The molecule has 0 bridgehead atoms. The second-order valence-corrected chi connectivity index (χ2v) is 5.17. The first-order valence-electron chi connectivity index (χ1n) is 5.28. The second-order valence-electron chi connectivity index (χ2n) is 3.25. The molecule has 15 heavy (non-hydrogen) atoms. The minimum atomic E-state index is 0.598. The van der Waals surface area contributed by atoms with Crippen molar-refractivity contribution in [2.75, 3.05) is 44.9 Å². The fraction of sp³-hybridized carbons (Fsp3) is 0.900. The van der Waals surface area contributed by atoms with Crippen molar-refractivity contribution in [2.24, 2.45) is 5.73 Å². The van der Waals surface area contributed by atoms with Gasteiger partial charge in [-0.2, -0.15) is 11.8 Å². The third kappa shape index (κ3) is 10.4. The molecule has 0 aliphatic heterocycles. The maximum absolute atomic E-state index is 5.49. The van der Waals surface area contributed by atoms with Crippen molar-refractivity contribution >= 4 is 29.0 Å². The maximum atomic E-state index is 5.49. The van der Waals surface area contributed by atoms with E-state index in [4.69, 9.17) is 22.7 Å². The van der Waals surface area contributed by atoms with Gasteiger partial charge in [0.15, 0.2) is 0 Å². The minimum absolute atomic E-state index is 0.598. The SMILES string of the molecule is CCSCCN(CCOC)CCC(N)=S. The first-order chi connectivity index (χ1) is 7.20. The third-order valence-electron chi connectivity index (χ3n) is 2.04. The molecule has 0 spiro atoms. The van der Waals surface area contributed by atoms with Crippen LogP contribution in [0.2, 0.25) is 0 Å². The summed E-state index contributed by atoms with van der Waals surface area (Å²) in [6.45, 7) is 5.95. The highest BCUT2D eigenvalue weighted by molar-refractivity contribution is 7.99. The van der Waals surface area contributed by atoms with Crippen LogP contribution in [0.25, 0.3) is 0 Å². The van der Waals surface area contributed by atoms with Crippen LogP contribution in [0, 0.1) is 0 Å². The van der Waals surface area contributed by atoms with E-state index in [1.807, 2.05) is 11.8 Å². The number of nitrogens with two attached hydrogens (primary N) is 1. The lowest BCUT2D eigenvalue weighted by molar-refractivity contribution is 0.153. The largest absolute Gasteiger partial charge is 0.393 e. The highest BCUT2D eigenvalue weighted by atomic mass is 32.2. The Bertz CT molecular complexity index is 168. The lowest BCUT2D eigenvalue weighted by atomic mass is 10.3. The lowest BCUT2D eigenvalue weighted by Crippen LogP contribution is -2.32. The Labute approximate surface area is 103 Å². The highest BCUT2D eigenvalue weighted by Crippen LogP contribution is 2.01. The van der Waals surface area contributed by atoms with E-state index in [-0.39, 0.29) is 0 Å². The number of ether oxygens (including phenoxy) is 1. The Morgan fingerprint density at radius 3 is 2.67 bits per heavy atom. The van der Waals surface area contributed by atoms with Crippen molar-refractivity contribution in [2.45, 2.75) is 13.3 Å². The van der Waals surface area contributed by atoms with Gasteiger partial charge in [0.2, 0.25) is 0 Å². The molecule has 0 aromatic carbocycles. The zero-order chi connectivity index (χ0) is 11.5. The molecule has 0 radical (unpaired) electrons. The number of hydrogen-bond acceptors (Lipinski definition) is 4. The molecule has 0 saturated carbocycles. The Kier molecular flexibility index (Phi) is 10.8. The summed E-state index contributed by atoms with van der Waals surface area (Å²) in [7, 11) is 1.73. The molecule has 3 nitrogen and oxygen atoms in total. The molecular weight excluding hydrogens is 228 g/mol. The molecule has 0 aromatic heterocycles. The quantitative estimate of drug-likeness (QED) is 0.468. The fourth-order valence-electron chi connectivity index (χ4n) is 1.16. The van der Waals surface area contributed by atoms with E-state index in [1.54, 1.807) is 7.11 Å². The van der Waals surface area contributed by atoms with Gasteiger partial charge in [-0.15, -0.1) is 0 Å². The van der Waals surface area contributed by atoms with E-state index in [0.29, 0.717) is 4.99 Å². The molecular formula is C10H22N2OS2. The summed E-state index contributed by atoms with van der Waals surface area (Å²) in [6.07, 6.45) is 0.801. The van der Waals surface area contributed by atoms with Gasteiger partial charge in [0.25, 0.3) is 0 Å². The van der Waals surface area contributed by atoms with Crippen LogP contribution in [-0.4, -0.2) is 54.7 Å². The molecule has 90 valence electrons. The second kappa shape index (κ2) is 10.7. The van der Waals surface area contributed by atoms with Crippen LogP contribution >= 0.6 is 24.0 Å². The maximum Gasteiger partial charge on any atom is 0.0740 e. The van der Waals surface area contributed by atoms with Crippen molar-refractivity contribution in [3.8, 4) is 0 Å². The van der Waals surface area contributed by atoms with Crippen molar-refractivity contribution in [3.63, 3.8) is 0 Å². The first kappa shape index (κ1) is 15.2. The van der Waals surface area contributed by atoms with Gasteiger partial charge >= 0.3 is 0 Å². The number of methoxy groups -OCH3 is 1. The molecule has 0 saturated heterocycles. The molecule has 0 atom stereocenters. The summed E-state index contributed by atoms with van der Waals surface area (Å²) in [5, 5.41) is 0. The molecule has 0 aliphatic carbocycles.